The minimum atomic E-state index is 0.353. The maximum atomic E-state index is 5.83. The Morgan fingerprint density at radius 2 is 2.11 bits per heavy atom. The fourth-order valence-corrected chi connectivity index (χ4v) is 2.92. The van der Waals surface area contributed by atoms with Crippen LogP contribution in [0.5, 0.6) is 0 Å². The molecule has 1 aromatic heterocycles. The number of nitrogen functional groups attached to an aromatic ring is 1. The zero-order chi connectivity index (χ0) is 12.5. The number of hydrazine groups is 1. The molecule has 0 spiro atoms. The molecule has 3 heterocycles. The van der Waals surface area contributed by atoms with E-state index in [4.69, 9.17) is 10.6 Å². The zero-order valence-electron chi connectivity index (χ0n) is 10.3. The molecule has 0 aromatic carbocycles. The van der Waals surface area contributed by atoms with Gasteiger partial charge in [-0.2, -0.15) is 0 Å². The summed E-state index contributed by atoms with van der Waals surface area (Å²) in [5, 5.41) is 0.735. The number of fused-ring (bicyclic) bond motifs is 2. The first-order valence-corrected chi connectivity index (χ1v) is 7.31. The molecule has 2 aliphatic rings. The van der Waals surface area contributed by atoms with Crippen molar-refractivity contribution in [3.8, 4) is 0 Å². The number of nitrogens with zero attached hydrogens (tertiary/aromatic N) is 3. The number of hydrogen-bond donors (Lipinski definition) is 2. The van der Waals surface area contributed by atoms with Gasteiger partial charge in [0.1, 0.15) is 11.6 Å². The van der Waals surface area contributed by atoms with Gasteiger partial charge in [-0.25, -0.2) is 15.8 Å². The maximum Gasteiger partial charge on any atom is 0.191 e. The van der Waals surface area contributed by atoms with Crippen molar-refractivity contribution in [1.82, 2.24) is 9.97 Å². The third-order valence-electron chi connectivity index (χ3n) is 3.39. The van der Waals surface area contributed by atoms with Gasteiger partial charge in [-0.1, -0.05) is 11.8 Å². The molecule has 2 bridgehead atoms. The van der Waals surface area contributed by atoms with Crippen LogP contribution in [0.3, 0.4) is 0 Å². The Kier molecular flexibility index (Phi) is 3.27. The molecule has 3 N–H and O–H groups in total. The van der Waals surface area contributed by atoms with E-state index in [1.807, 2.05) is 12.3 Å². The van der Waals surface area contributed by atoms with Crippen molar-refractivity contribution in [1.29, 1.82) is 0 Å². The molecule has 2 atom stereocenters. The Hall–Kier alpha value is -1.05. The molecular weight excluding hydrogens is 250 g/mol. The highest BCUT2D eigenvalue weighted by atomic mass is 32.2. The van der Waals surface area contributed by atoms with Crippen LogP contribution in [0, 0.1) is 0 Å². The number of nitrogens with one attached hydrogen (secondary N) is 1. The average Bonchev–Trinajstić information content (AvgIpc) is 2.76. The van der Waals surface area contributed by atoms with Gasteiger partial charge in [0.15, 0.2) is 5.16 Å². The van der Waals surface area contributed by atoms with E-state index < -0.39 is 0 Å². The van der Waals surface area contributed by atoms with Gasteiger partial charge in [-0.05, 0) is 19.1 Å². The molecule has 1 aromatic rings. The maximum absolute atomic E-state index is 5.83. The van der Waals surface area contributed by atoms with E-state index in [9.17, 15) is 0 Å². The summed E-state index contributed by atoms with van der Waals surface area (Å²) in [6.45, 7) is 1.82. The van der Waals surface area contributed by atoms with Gasteiger partial charge in [0.2, 0.25) is 0 Å². The second-order valence-corrected chi connectivity index (χ2v) is 5.38. The van der Waals surface area contributed by atoms with Crippen molar-refractivity contribution in [2.45, 2.75) is 30.2 Å². The van der Waals surface area contributed by atoms with Crippen LogP contribution in [0.2, 0.25) is 0 Å². The molecule has 0 amide bonds. The first-order valence-electron chi connectivity index (χ1n) is 6.08. The molecule has 0 saturated carbocycles. The van der Waals surface area contributed by atoms with Crippen molar-refractivity contribution in [3.63, 3.8) is 0 Å². The Balaban J connectivity index is 1.86. The van der Waals surface area contributed by atoms with Gasteiger partial charge in [0, 0.05) is 19.2 Å². The smallest absolute Gasteiger partial charge is 0.191 e. The number of thioether (sulfide) groups is 1. The van der Waals surface area contributed by atoms with Gasteiger partial charge in [0.25, 0.3) is 0 Å². The van der Waals surface area contributed by atoms with Gasteiger partial charge in [0.05, 0.1) is 12.2 Å². The van der Waals surface area contributed by atoms with Gasteiger partial charge < -0.3 is 15.1 Å². The molecule has 3 rings (SSSR count). The lowest BCUT2D eigenvalue weighted by molar-refractivity contribution is 0.0302. The summed E-state index contributed by atoms with van der Waals surface area (Å²) in [7, 11) is 0. The summed E-state index contributed by atoms with van der Waals surface area (Å²) in [4.78, 5) is 11.1. The average molecular weight is 267 g/mol. The quantitative estimate of drug-likeness (QED) is 0.364. The number of anilines is 2. The topological polar surface area (TPSA) is 76.3 Å². The van der Waals surface area contributed by atoms with Crippen LogP contribution in [-0.4, -0.2) is 41.5 Å². The summed E-state index contributed by atoms with van der Waals surface area (Å²) in [5.41, 5.74) is 2.60. The highest BCUT2D eigenvalue weighted by Gasteiger charge is 2.34. The summed E-state index contributed by atoms with van der Waals surface area (Å²) in [5.74, 6) is 7.03. The van der Waals surface area contributed by atoms with E-state index >= 15 is 0 Å². The highest BCUT2D eigenvalue weighted by molar-refractivity contribution is 7.98. The Bertz CT molecular complexity index is 409. The van der Waals surface area contributed by atoms with Crippen LogP contribution in [0.15, 0.2) is 11.2 Å². The number of rotatable bonds is 3. The van der Waals surface area contributed by atoms with Crippen molar-refractivity contribution in [2.24, 2.45) is 5.84 Å². The fourth-order valence-electron chi connectivity index (χ4n) is 2.54. The first kappa shape index (κ1) is 12.0. The van der Waals surface area contributed by atoms with Crippen LogP contribution in [0.4, 0.5) is 11.6 Å². The molecule has 2 saturated heterocycles. The molecule has 2 aliphatic heterocycles. The van der Waals surface area contributed by atoms with Crippen molar-refractivity contribution in [2.75, 3.05) is 29.7 Å². The summed E-state index contributed by atoms with van der Waals surface area (Å²) < 4.78 is 5.83. The van der Waals surface area contributed by atoms with Gasteiger partial charge >= 0.3 is 0 Å². The number of morpholine rings is 1. The molecular formula is C11H17N5OS. The summed E-state index contributed by atoms with van der Waals surface area (Å²) in [6.07, 6.45) is 4.98. The lowest BCUT2D eigenvalue weighted by Gasteiger charge is -2.33. The van der Waals surface area contributed by atoms with E-state index in [2.05, 4.69) is 20.3 Å². The Morgan fingerprint density at radius 3 is 2.72 bits per heavy atom. The third kappa shape index (κ3) is 2.25. The predicted octanol–water partition coefficient (Wildman–Crippen LogP) is 0.852. The van der Waals surface area contributed by atoms with Crippen LogP contribution in [0.1, 0.15) is 12.8 Å². The van der Waals surface area contributed by atoms with Crippen LogP contribution >= 0.6 is 11.8 Å². The molecule has 2 unspecified atom stereocenters. The molecule has 6 nitrogen and oxygen atoms in total. The fraction of sp³-hybridized carbons (Fsp3) is 0.636. The molecule has 2 fully saturated rings. The largest absolute Gasteiger partial charge is 0.371 e. The van der Waals surface area contributed by atoms with E-state index in [1.165, 1.54) is 11.8 Å². The van der Waals surface area contributed by atoms with E-state index in [1.54, 1.807) is 0 Å². The summed E-state index contributed by atoms with van der Waals surface area (Å²) >= 11 is 1.52. The molecule has 0 aliphatic carbocycles. The molecule has 0 radical (unpaired) electrons. The number of aromatic nitrogens is 2. The Labute approximate surface area is 110 Å². The van der Waals surface area contributed by atoms with Gasteiger partial charge in [-0.15, -0.1) is 0 Å². The standard InChI is InChI=1S/C11H17N5OS/c1-18-11-13-9(15-12)4-10(14-11)16-5-7-2-3-8(6-16)17-7/h4,7-8H,2-3,5-6,12H2,1H3,(H,13,14,15). The monoisotopic (exact) mass is 267 g/mol. The lowest BCUT2D eigenvalue weighted by atomic mass is 10.2. The second-order valence-electron chi connectivity index (χ2n) is 4.60. The zero-order valence-corrected chi connectivity index (χ0v) is 11.1. The minimum absolute atomic E-state index is 0.353. The SMILES string of the molecule is CSc1nc(NN)cc(N2CC3CCC(C2)O3)n1. The van der Waals surface area contributed by atoms with Crippen LogP contribution in [0.25, 0.3) is 0 Å². The Morgan fingerprint density at radius 1 is 1.39 bits per heavy atom. The molecule has 18 heavy (non-hydrogen) atoms. The molecule has 98 valence electrons. The van der Waals surface area contributed by atoms with Crippen molar-refractivity contribution >= 4 is 23.4 Å². The molecule has 7 heteroatoms. The minimum Gasteiger partial charge on any atom is -0.371 e. The van der Waals surface area contributed by atoms with E-state index in [0.29, 0.717) is 18.0 Å². The van der Waals surface area contributed by atoms with Crippen molar-refractivity contribution < 1.29 is 4.74 Å². The number of hydrogen-bond acceptors (Lipinski definition) is 7. The van der Waals surface area contributed by atoms with Crippen LogP contribution in [-0.2, 0) is 4.74 Å². The van der Waals surface area contributed by atoms with Crippen molar-refractivity contribution in [3.05, 3.63) is 6.07 Å². The highest BCUT2D eigenvalue weighted by Crippen LogP contribution is 2.30. The third-order valence-corrected chi connectivity index (χ3v) is 3.94. The predicted molar refractivity (Wildman–Crippen MR) is 71.7 cm³/mol. The lowest BCUT2D eigenvalue weighted by Crippen LogP contribution is -2.43. The van der Waals surface area contributed by atoms with E-state index in [0.717, 1.165) is 36.9 Å². The van der Waals surface area contributed by atoms with Crippen LogP contribution < -0.4 is 16.2 Å². The first-order chi connectivity index (χ1) is 8.78. The number of ether oxygens (including phenoxy) is 1. The number of nitrogens with two attached hydrogens (primary N) is 1. The second kappa shape index (κ2) is 4.91. The summed E-state index contributed by atoms with van der Waals surface area (Å²) in [6, 6.07) is 1.89. The van der Waals surface area contributed by atoms with E-state index in [-0.39, 0.29) is 0 Å². The normalized spacial score (nSPS) is 26.4. The van der Waals surface area contributed by atoms with Gasteiger partial charge in [-0.3, -0.25) is 0 Å².